The largest absolute Gasteiger partial charge is 0.390 e. The topological polar surface area (TPSA) is 84.9 Å². The first-order chi connectivity index (χ1) is 9.20. The lowest BCUT2D eigenvalue weighted by molar-refractivity contribution is 0.277. The highest BCUT2D eigenvalue weighted by Crippen LogP contribution is 2.30. The number of hydrogen-bond acceptors (Lipinski definition) is 5. The van der Waals surface area contributed by atoms with Gasteiger partial charge in [-0.2, -0.15) is 0 Å². The van der Waals surface area contributed by atoms with Crippen molar-refractivity contribution in [2.75, 3.05) is 5.73 Å². The Morgan fingerprint density at radius 2 is 2.21 bits per heavy atom. The molecule has 0 amide bonds. The van der Waals surface area contributed by atoms with E-state index in [1.165, 1.54) is 0 Å². The number of hydrogen-bond donors (Lipinski definition) is 2. The van der Waals surface area contributed by atoms with E-state index in [0.717, 1.165) is 34.6 Å². The van der Waals surface area contributed by atoms with Crippen LogP contribution in [0.3, 0.4) is 0 Å². The van der Waals surface area contributed by atoms with Crippen LogP contribution in [0.25, 0.3) is 17.3 Å². The zero-order chi connectivity index (χ0) is 13.4. The number of nitrogens with zero attached hydrogens (tertiary/aromatic N) is 3. The Kier molecular flexibility index (Phi) is 2.76. The van der Waals surface area contributed by atoms with Crippen LogP contribution in [0.5, 0.6) is 0 Å². The van der Waals surface area contributed by atoms with Crippen LogP contribution in [0.4, 0.5) is 5.82 Å². The van der Waals surface area contributed by atoms with Crippen molar-refractivity contribution >= 4 is 11.9 Å². The maximum Gasteiger partial charge on any atom is 0.147 e. The molecular weight excluding hydrogens is 240 g/mol. The first-order valence-corrected chi connectivity index (χ1v) is 6.09. The minimum atomic E-state index is -0.213. The molecule has 0 aliphatic heterocycles. The molecule has 19 heavy (non-hydrogen) atoms. The fraction of sp³-hybridized carbons (Fsp3) is 0.214. The zero-order valence-corrected chi connectivity index (χ0v) is 10.6. The summed E-state index contributed by atoms with van der Waals surface area (Å²) in [6.07, 6.45) is 6.75. The van der Waals surface area contributed by atoms with Crippen molar-refractivity contribution in [3.8, 4) is 11.3 Å². The Labute approximate surface area is 110 Å². The molecule has 1 aliphatic carbocycles. The summed E-state index contributed by atoms with van der Waals surface area (Å²) in [5.41, 5.74) is 10.8. The number of allylic oxidation sites excluding steroid dienone is 1. The van der Waals surface area contributed by atoms with Crippen molar-refractivity contribution in [2.24, 2.45) is 0 Å². The lowest BCUT2D eigenvalue weighted by Crippen LogP contribution is -2.06. The van der Waals surface area contributed by atoms with E-state index in [1.54, 1.807) is 6.20 Å². The van der Waals surface area contributed by atoms with E-state index in [9.17, 15) is 5.11 Å². The van der Waals surface area contributed by atoms with E-state index < -0.39 is 0 Å². The van der Waals surface area contributed by atoms with E-state index in [1.807, 2.05) is 19.1 Å². The smallest absolute Gasteiger partial charge is 0.147 e. The van der Waals surface area contributed by atoms with Gasteiger partial charge in [0, 0.05) is 23.7 Å². The molecule has 2 aromatic rings. The van der Waals surface area contributed by atoms with Gasteiger partial charge >= 0.3 is 0 Å². The second kappa shape index (κ2) is 4.44. The van der Waals surface area contributed by atoms with E-state index in [4.69, 9.17) is 5.73 Å². The molecule has 3 rings (SSSR count). The fourth-order valence-electron chi connectivity index (χ4n) is 2.30. The van der Waals surface area contributed by atoms with E-state index in [-0.39, 0.29) is 12.4 Å². The number of aliphatic hydroxyl groups is 1. The van der Waals surface area contributed by atoms with Crippen LogP contribution >= 0.6 is 0 Å². The summed E-state index contributed by atoms with van der Waals surface area (Å²) in [7, 11) is 0. The first kappa shape index (κ1) is 11.8. The normalized spacial score (nSPS) is 12.7. The van der Waals surface area contributed by atoms with Crippen LogP contribution in [0, 0.1) is 6.92 Å². The average molecular weight is 254 g/mol. The van der Waals surface area contributed by atoms with Gasteiger partial charge in [0.05, 0.1) is 23.7 Å². The molecule has 0 unspecified atom stereocenters. The molecule has 0 radical (unpaired) electrons. The Morgan fingerprint density at radius 1 is 1.37 bits per heavy atom. The molecule has 5 heteroatoms. The highest BCUT2D eigenvalue weighted by Gasteiger charge is 2.17. The number of aryl methyl sites for hydroxylation is 1. The first-order valence-electron chi connectivity index (χ1n) is 6.09. The average Bonchev–Trinajstić information content (AvgIpc) is 2.87. The Morgan fingerprint density at radius 3 is 3.00 bits per heavy atom. The lowest BCUT2D eigenvalue weighted by atomic mass is 10.0. The molecule has 3 N–H and O–H groups in total. The fourth-order valence-corrected chi connectivity index (χ4v) is 2.30. The van der Waals surface area contributed by atoms with Crippen molar-refractivity contribution in [2.45, 2.75) is 20.0 Å². The second-order valence-corrected chi connectivity index (χ2v) is 4.47. The number of pyridine rings is 1. The molecule has 0 saturated carbocycles. The van der Waals surface area contributed by atoms with Crippen molar-refractivity contribution < 1.29 is 5.11 Å². The third-order valence-electron chi connectivity index (χ3n) is 3.25. The third kappa shape index (κ3) is 1.88. The summed E-state index contributed by atoms with van der Waals surface area (Å²) in [4.78, 5) is 13.0. The van der Waals surface area contributed by atoms with Gasteiger partial charge in [0.25, 0.3) is 0 Å². The molecule has 96 valence electrons. The molecule has 0 aromatic carbocycles. The summed E-state index contributed by atoms with van der Waals surface area (Å²) in [5, 5.41) is 9.27. The van der Waals surface area contributed by atoms with Gasteiger partial charge in [0.1, 0.15) is 11.5 Å². The number of nitrogen functional groups attached to an aromatic ring is 1. The Bertz CT molecular complexity index is 679. The summed E-state index contributed by atoms with van der Waals surface area (Å²) >= 11 is 0. The van der Waals surface area contributed by atoms with Crippen molar-refractivity contribution in [1.82, 2.24) is 15.0 Å². The number of aliphatic hydroxyl groups excluding tert-OH is 1. The summed E-state index contributed by atoms with van der Waals surface area (Å²) in [5.74, 6) is 0.282. The number of aromatic nitrogens is 3. The molecule has 1 aliphatic rings. The van der Waals surface area contributed by atoms with Crippen molar-refractivity contribution in [3.05, 3.63) is 41.0 Å². The maximum absolute atomic E-state index is 9.27. The zero-order valence-electron chi connectivity index (χ0n) is 10.6. The Hall–Kier alpha value is -2.27. The minimum Gasteiger partial charge on any atom is -0.390 e. The summed E-state index contributed by atoms with van der Waals surface area (Å²) in [6.45, 7) is 1.65. The number of anilines is 1. The molecule has 0 saturated heterocycles. The maximum atomic E-state index is 9.27. The quantitative estimate of drug-likeness (QED) is 0.848. The van der Waals surface area contributed by atoms with E-state index in [0.29, 0.717) is 5.69 Å². The molecule has 0 spiro atoms. The molecule has 0 atom stereocenters. The highest BCUT2D eigenvalue weighted by atomic mass is 16.3. The van der Waals surface area contributed by atoms with E-state index in [2.05, 4.69) is 21.0 Å². The van der Waals surface area contributed by atoms with Gasteiger partial charge in [0.2, 0.25) is 0 Å². The SMILES string of the molecule is Cc1nc(N)c(CO)nc1-c1ccnc2c1C=CC2. The highest BCUT2D eigenvalue weighted by molar-refractivity contribution is 5.77. The van der Waals surface area contributed by atoms with Crippen LogP contribution < -0.4 is 5.73 Å². The van der Waals surface area contributed by atoms with Gasteiger partial charge in [0.15, 0.2) is 0 Å². The van der Waals surface area contributed by atoms with Gasteiger partial charge in [-0.15, -0.1) is 0 Å². The molecule has 2 heterocycles. The van der Waals surface area contributed by atoms with Crippen LogP contribution in [0.15, 0.2) is 18.3 Å². The lowest BCUT2D eigenvalue weighted by Gasteiger charge is -2.11. The summed E-state index contributed by atoms with van der Waals surface area (Å²) < 4.78 is 0. The van der Waals surface area contributed by atoms with Gasteiger partial charge in [-0.3, -0.25) is 4.98 Å². The summed E-state index contributed by atoms with van der Waals surface area (Å²) in [6, 6.07) is 1.92. The predicted octanol–water partition coefficient (Wildman–Crippen LogP) is 1.49. The van der Waals surface area contributed by atoms with E-state index >= 15 is 0 Å². The van der Waals surface area contributed by atoms with Gasteiger partial charge in [-0.25, -0.2) is 9.97 Å². The number of rotatable bonds is 2. The molecule has 2 aromatic heterocycles. The predicted molar refractivity (Wildman–Crippen MR) is 73.1 cm³/mol. The van der Waals surface area contributed by atoms with Crippen molar-refractivity contribution in [1.29, 1.82) is 0 Å². The number of nitrogens with two attached hydrogens (primary N) is 1. The standard InChI is InChI=1S/C14H14N4O/c1-8-13(18-12(7-19)14(15)17-8)10-5-6-16-11-4-2-3-9(10)11/h2-3,5-6,19H,4,7H2,1H3,(H2,15,17). The van der Waals surface area contributed by atoms with Crippen LogP contribution in [0.2, 0.25) is 0 Å². The van der Waals surface area contributed by atoms with Gasteiger partial charge in [-0.05, 0) is 13.0 Å². The Balaban J connectivity index is 2.23. The third-order valence-corrected chi connectivity index (χ3v) is 3.25. The van der Waals surface area contributed by atoms with Gasteiger partial charge in [-0.1, -0.05) is 12.2 Å². The monoisotopic (exact) mass is 254 g/mol. The van der Waals surface area contributed by atoms with Crippen LogP contribution in [-0.4, -0.2) is 20.1 Å². The minimum absolute atomic E-state index is 0.213. The van der Waals surface area contributed by atoms with Crippen molar-refractivity contribution in [3.63, 3.8) is 0 Å². The molecule has 0 bridgehead atoms. The molecule has 0 fully saturated rings. The number of fused-ring (bicyclic) bond motifs is 1. The molecule has 5 nitrogen and oxygen atoms in total. The molecular formula is C14H14N4O. The van der Waals surface area contributed by atoms with Gasteiger partial charge < -0.3 is 10.8 Å². The van der Waals surface area contributed by atoms with Crippen LogP contribution in [-0.2, 0) is 13.0 Å². The van der Waals surface area contributed by atoms with Crippen LogP contribution in [0.1, 0.15) is 22.6 Å². The second-order valence-electron chi connectivity index (χ2n) is 4.47.